The standard InChI is InChI=1S/C54H95N7O13/c1-14-35(11)22-20-18-16-17-19-21-23-37-29-43(62)55-38(24-25-45(65)73-13)48(66)56-39(26-31(3)4)49(67)57-40(27-32(5)6)51(69)60-46(34(9)10)53(71)59-42(30-44(63)64)50(68)58-41(28-33(7)8)52(70)61-47(36(12)15-2)54(72)74-37/h31-42,46-47H,14-30H2,1-13H3,(H,55,62)(H,56,66)(H,57,67)(H,58,68)(H,59,71)(H,60,69)(H,61,70)(H,63,64)/t35-,36-,37+,38-,39-,40+,41+,42-,46-,47-/m0/s1. The minimum Gasteiger partial charge on any atom is -0.481 e. The second-order valence-corrected chi connectivity index (χ2v) is 22.0. The summed E-state index contributed by atoms with van der Waals surface area (Å²) >= 11 is 0. The normalized spacial score (nSPS) is 24.6. The van der Waals surface area contributed by atoms with Gasteiger partial charge in [0.2, 0.25) is 41.4 Å². The van der Waals surface area contributed by atoms with Gasteiger partial charge in [-0.05, 0) is 74.0 Å². The number of amides is 7. The van der Waals surface area contributed by atoms with Crippen LogP contribution in [0.4, 0.5) is 0 Å². The van der Waals surface area contributed by atoms with E-state index in [-0.39, 0.29) is 56.3 Å². The number of ether oxygens (including phenoxy) is 2. The lowest BCUT2D eigenvalue weighted by molar-refractivity contribution is -0.156. The Balaban J connectivity index is 4.00. The van der Waals surface area contributed by atoms with Crippen LogP contribution in [0.5, 0.6) is 0 Å². The van der Waals surface area contributed by atoms with Gasteiger partial charge in [-0.15, -0.1) is 0 Å². The van der Waals surface area contributed by atoms with Crippen molar-refractivity contribution >= 4 is 59.3 Å². The summed E-state index contributed by atoms with van der Waals surface area (Å²) in [5.74, 6) is -9.63. The number of hydrogen-bond donors (Lipinski definition) is 8. The van der Waals surface area contributed by atoms with Crippen molar-refractivity contribution in [3.8, 4) is 0 Å². The number of cyclic esters (lactones) is 1. The molecular weight excluding hydrogens is 955 g/mol. The summed E-state index contributed by atoms with van der Waals surface area (Å²) in [5, 5.41) is 28.5. The number of rotatable bonds is 24. The number of nitrogens with one attached hydrogen (secondary N) is 7. The van der Waals surface area contributed by atoms with Crippen LogP contribution >= 0.6 is 0 Å². The molecule has 0 unspecified atom stereocenters. The molecule has 1 heterocycles. The molecule has 0 aromatic rings. The van der Waals surface area contributed by atoms with Gasteiger partial charge in [0.25, 0.3) is 0 Å². The average molecular weight is 1050 g/mol. The largest absolute Gasteiger partial charge is 0.481 e. The Morgan fingerprint density at radius 3 is 1.46 bits per heavy atom. The number of hydrogen-bond acceptors (Lipinski definition) is 12. The molecule has 0 aromatic carbocycles. The number of carbonyl (C=O) groups is 10. The number of esters is 2. The first kappa shape index (κ1) is 66.7. The molecule has 10 atom stereocenters. The van der Waals surface area contributed by atoms with Crippen LogP contribution in [0.3, 0.4) is 0 Å². The number of aliphatic carboxylic acids is 1. The minimum atomic E-state index is -1.72. The van der Waals surface area contributed by atoms with E-state index in [1.165, 1.54) is 7.11 Å². The lowest BCUT2D eigenvalue weighted by atomic mass is 9.97. The molecule has 0 aromatic heterocycles. The van der Waals surface area contributed by atoms with Crippen molar-refractivity contribution in [3.63, 3.8) is 0 Å². The fourth-order valence-electron chi connectivity index (χ4n) is 8.59. The van der Waals surface area contributed by atoms with Crippen LogP contribution in [0.25, 0.3) is 0 Å². The number of methoxy groups -OCH3 is 1. The van der Waals surface area contributed by atoms with Gasteiger partial charge in [0, 0.05) is 6.42 Å². The van der Waals surface area contributed by atoms with E-state index in [0.717, 1.165) is 44.9 Å². The summed E-state index contributed by atoms with van der Waals surface area (Å²) in [4.78, 5) is 138. The lowest BCUT2D eigenvalue weighted by Gasteiger charge is -2.30. The molecule has 74 heavy (non-hydrogen) atoms. The molecule has 20 heteroatoms. The van der Waals surface area contributed by atoms with E-state index >= 15 is 0 Å². The average Bonchev–Trinajstić information content (AvgIpc) is 3.31. The van der Waals surface area contributed by atoms with Crippen LogP contribution in [0.15, 0.2) is 0 Å². The third-order valence-corrected chi connectivity index (χ3v) is 13.4. The maximum atomic E-state index is 14.3. The van der Waals surface area contributed by atoms with Gasteiger partial charge in [0.05, 0.1) is 20.0 Å². The highest BCUT2D eigenvalue weighted by Gasteiger charge is 2.38. The predicted molar refractivity (Wildman–Crippen MR) is 281 cm³/mol. The van der Waals surface area contributed by atoms with E-state index in [4.69, 9.17) is 9.47 Å². The fraction of sp³-hybridized carbons (Fsp3) is 0.815. The topological polar surface area (TPSA) is 294 Å². The molecule has 8 N–H and O–H groups in total. The van der Waals surface area contributed by atoms with E-state index in [1.807, 2.05) is 34.6 Å². The highest BCUT2D eigenvalue weighted by molar-refractivity contribution is 5.98. The number of carboxylic acid groups (broad SMARTS) is 1. The molecule has 424 valence electrons. The Labute approximate surface area is 441 Å². The summed E-state index contributed by atoms with van der Waals surface area (Å²) in [5.41, 5.74) is 0. The molecule has 1 aliphatic rings. The predicted octanol–water partition coefficient (Wildman–Crippen LogP) is 5.13. The number of carboxylic acids is 1. The second-order valence-electron chi connectivity index (χ2n) is 22.0. The van der Waals surface area contributed by atoms with E-state index in [1.54, 1.807) is 34.6 Å². The molecule has 1 rings (SSSR count). The quantitative estimate of drug-likeness (QED) is 0.0460. The summed E-state index contributed by atoms with van der Waals surface area (Å²) in [6.07, 6.45) is 5.87. The van der Waals surface area contributed by atoms with Crippen molar-refractivity contribution in [2.75, 3.05) is 7.11 Å². The van der Waals surface area contributed by atoms with Gasteiger partial charge in [0.1, 0.15) is 48.4 Å². The molecule has 0 aliphatic carbocycles. The van der Waals surface area contributed by atoms with Crippen molar-refractivity contribution in [3.05, 3.63) is 0 Å². The number of carbonyl (C=O) groups excluding carboxylic acids is 9. The van der Waals surface area contributed by atoms with Crippen LogP contribution in [0, 0.1) is 35.5 Å². The van der Waals surface area contributed by atoms with E-state index < -0.39 is 132 Å². The zero-order valence-corrected chi connectivity index (χ0v) is 46.9. The fourth-order valence-corrected chi connectivity index (χ4v) is 8.59. The maximum Gasteiger partial charge on any atom is 0.329 e. The molecule has 20 nitrogen and oxygen atoms in total. The van der Waals surface area contributed by atoms with Crippen molar-refractivity contribution in [1.82, 2.24) is 37.2 Å². The zero-order chi connectivity index (χ0) is 56.2. The first-order valence-electron chi connectivity index (χ1n) is 27.3. The molecule has 0 spiro atoms. The molecule has 0 bridgehead atoms. The zero-order valence-electron chi connectivity index (χ0n) is 46.9. The third-order valence-electron chi connectivity index (χ3n) is 13.4. The monoisotopic (exact) mass is 1050 g/mol. The van der Waals surface area contributed by atoms with Gasteiger partial charge in [-0.3, -0.25) is 43.2 Å². The van der Waals surface area contributed by atoms with Crippen molar-refractivity contribution in [1.29, 1.82) is 0 Å². The summed E-state index contributed by atoms with van der Waals surface area (Å²) in [7, 11) is 1.18. The molecular formula is C54H95N7O13. The first-order chi connectivity index (χ1) is 34.7. The SMILES string of the molecule is CC[C@H](C)CCCCCCCC[C@@H]1CC(=O)N[C@@H](CCC(=O)OC)C(=O)N[C@@H](CC(C)C)C(=O)N[C@H](CC(C)C)C(=O)N[C@@H](C(C)C)C(=O)N[C@@H](CC(=O)O)C(=O)N[C@H](CC(C)C)C(=O)N[C@@H]([C@@H](C)CC)C(=O)O1. The van der Waals surface area contributed by atoms with Crippen molar-refractivity contribution in [2.45, 2.75) is 241 Å². The van der Waals surface area contributed by atoms with Crippen LogP contribution < -0.4 is 37.2 Å². The van der Waals surface area contributed by atoms with Gasteiger partial charge in [0.15, 0.2) is 0 Å². The molecule has 1 saturated heterocycles. The summed E-state index contributed by atoms with van der Waals surface area (Å²) < 4.78 is 10.9. The number of unbranched alkanes of at least 4 members (excludes halogenated alkanes) is 5. The van der Waals surface area contributed by atoms with Crippen molar-refractivity contribution in [2.24, 2.45) is 35.5 Å². The highest BCUT2D eigenvalue weighted by Crippen LogP contribution is 2.20. The Hall–Kier alpha value is -5.30. The van der Waals surface area contributed by atoms with Gasteiger partial charge >= 0.3 is 17.9 Å². The van der Waals surface area contributed by atoms with E-state index in [2.05, 4.69) is 51.1 Å². The van der Waals surface area contributed by atoms with Gasteiger partial charge < -0.3 is 51.8 Å². The molecule has 7 amide bonds. The molecule has 1 aliphatic heterocycles. The maximum absolute atomic E-state index is 14.3. The van der Waals surface area contributed by atoms with Crippen molar-refractivity contribution < 1.29 is 62.5 Å². The Morgan fingerprint density at radius 1 is 0.554 bits per heavy atom. The summed E-state index contributed by atoms with van der Waals surface area (Å²) in [6.45, 7) is 22.1. The van der Waals surface area contributed by atoms with Crippen LogP contribution in [0.1, 0.15) is 192 Å². The summed E-state index contributed by atoms with van der Waals surface area (Å²) in [6, 6.07) is -9.49. The van der Waals surface area contributed by atoms with Crippen LogP contribution in [-0.2, 0) is 57.4 Å². The van der Waals surface area contributed by atoms with E-state index in [0.29, 0.717) is 18.8 Å². The van der Waals surface area contributed by atoms with Crippen LogP contribution in [0.2, 0.25) is 0 Å². The Bertz CT molecular complexity index is 1820. The highest BCUT2D eigenvalue weighted by atomic mass is 16.5. The molecule has 1 fully saturated rings. The Kier molecular flexibility index (Phi) is 31.6. The first-order valence-corrected chi connectivity index (χ1v) is 27.3. The third kappa shape index (κ3) is 26.3. The second kappa shape index (κ2) is 35.0. The van der Waals surface area contributed by atoms with Gasteiger partial charge in [-0.2, -0.15) is 0 Å². The Morgan fingerprint density at radius 2 is 1.00 bits per heavy atom. The molecule has 0 radical (unpaired) electrons. The van der Waals surface area contributed by atoms with Gasteiger partial charge in [-0.25, -0.2) is 4.79 Å². The smallest absolute Gasteiger partial charge is 0.329 e. The molecule has 0 saturated carbocycles. The minimum absolute atomic E-state index is 0.0460. The van der Waals surface area contributed by atoms with Gasteiger partial charge in [-0.1, -0.05) is 134 Å². The lowest BCUT2D eigenvalue weighted by Crippen LogP contribution is -2.61. The van der Waals surface area contributed by atoms with E-state index in [9.17, 15) is 53.1 Å². The van der Waals surface area contributed by atoms with Crippen LogP contribution in [-0.4, -0.2) is 120 Å².